The van der Waals surface area contributed by atoms with Crippen molar-refractivity contribution in [3.63, 3.8) is 0 Å². The number of hydrogen-bond acceptors (Lipinski definition) is 4. The first-order valence-electron chi connectivity index (χ1n) is 7.30. The normalized spacial score (nSPS) is 21.0. The molecule has 0 aromatic carbocycles. The van der Waals surface area contributed by atoms with E-state index in [1.165, 1.54) is 4.68 Å². The van der Waals surface area contributed by atoms with Crippen LogP contribution in [0.1, 0.15) is 33.1 Å². The molecule has 2 N–H and O–H groups in total. The SMILES string of the molecule is CCCn1ncc(N2CCCC(C(C)N)C2)c(Cl)c1=O. The van der Waals surface area contributed by atoms with Crippen LogP contribution in [0, 0.1) is 5.92 Å². The lowest BCUT2D eigenvalue weighted by Crippen LogP contribution is -2.43. The van der Waals surface area contributed by atoms with Crippen LogP contribution in [-0.2, 0) is 6.54 Å². The summed E-state index contributed by atoms with van der Waals surface area (Å²) >= 11 is 6.25. The first-order valence-corrected chi connectivity index (χ1v) is 7.68. The molecule has 0 aliphatic carbocycles. The van der Waals surface area contributed by atoms with E-state index >= 15 is 0 Å². The zero-order valence-corrected chi connectivity index (χ0v) is 12.9. The average Bonchev–Trinajstić information content (AvgIpc) is 2.44. The Morgan fingerprint density at radius 3 is 3.00 bits per heavy atom. The van der Waals surface area contributed by atoms with Crippen molar-refractivity contribution in [2.75, 3.05) is 18.0 Å². The van der Waals surface area contributed by atoms with Gasteiger partial charge in [0, 0.05) is 25.7 Å². The molecular weight excluding hydrogens is 276 g/mol. The number of hydrogen-bond donors (Lipinski definition) is 1. The van der Waals surface area contributed by atoms with Gasteiger partial charge in [0.15, 0.2) is 0 Å². The third-order valence-corrected chi connectivity index (χ3v) is 4.30. The molecule has 1 aromatic heterocycles. The van der Waals surface area contributed by atoms with Gasteiger partial charge >= 0.3 is 0 Å². The fraction of sp³-hybridized carbons (Fsp3) is 0.714. The van der Waals surface area contributed by atoms with E-state index < -0.39 is 0 Å². The molecule has 20 heavy (non-hydrogen) atoms. The number of aromatic nitrogens is 2. The summed E-state index contributed by atoms with van der Waals surface area (Å²) in [5.41, 5.74) is 6.54. The van der Waals surface area contributed by atoms with Gasteiger partial charge in [-0.3, -0.25) is 4.79 Å². The van der Waals surface area contributed by atoms with Crippen molar-refractivity contribution in [2.45, 2.75) is 45.7 Å². The predicted octanol–water partition coefficient (Wildman–Crippen LogP) is 1.87. The largest absolute Gasteiger partial charge is 0.369 e. The molecule has 1 aliphatic heterocycles. The molecule has 0 amide bonds. The molecule has 1 aliphatic rings. The second-order valence-electron chi connectivity index (χ2n) is 5.58. The van der Waals surface area contributed by atoms with Gasteiger partial charge in [-0.25, -0.2) is 4.68 Å². The number of aryl methyl sites for hydroxylation is 1. The van der Waals surface area contributed by atoms with Crippen molar-refractivity contribution in [1.29, 1.82) is 0 Å². The zero-order chi connectivity index (χ0) is 14.7. The predicted molar refractivity (Wildman–Crippen MR) is 82.4 cm³/mol. The first kappa shape index (κ1) is 15.3. The lowest BCUT2D eigenvalue weighted by atomic mass is 9.92. The summed E-state index contributed by atoms with van der Waals surface area (Å²) in [6.07, 6.45) is 4.77. The Bertz CT molecular complexity index is 514. The highest BCUT2D eigenvalue weighted by Crippen LogP contribution is 2.27. The van der Waals surface area contributed by atoms with Crippen LogP contribution in [0.4, 0.5) is 5.69 Å². The highest BCUT2D eigenvalue weighted by atomic mass is 35.5. The molecule has 0 spiro atoms. The lowest BCUT2D eigenvalue weighted by Gasteiger charge is -2.36. The lowest BCUT2D eigenvalue weighted by molar-refractivity contribution is 0.364. The highest BCUT2D eigenvalue weighted by molar-refractivity contribution is 6.33. The van der Waals surface area contributed by atoms with Gasteiger partial charge in [-0.1, -0.05) is 18.5 Å². The molecule has 1 aromatic rings. The van der Waals surface area contributed by atoms with E-state index in [0.717, 1.165) is 38.0 Å². The van der Waals surface area contributed by atoms with Gasteiger partial charge in [0.2, 0.25) is 0 Å². The highest BCUT2D eigenvalue weighted by Gasteiger charge is 2.25. The first-order chi connectivity index (χ1) is 9.54. The number of nitrogens with zero attached hydrogens (tertiary/aromatic N) is 3. The molecular formula is C14H23ClN4O. The van der Waals surface area contributed by atoms with Crippen molar-refractivity contribution in [3.8, 4) is 0 Å². The average molecular weight is 299 g/mol. The van der Waals surface area contributed by atoms with E-state index in [2.05, 4.69) is 10.00 Å². The minimum absolute atomic E-state index is 0.157. The summed E-state index contributed by atoms with van der Waals surface area (Å²) in [5, 5.41) is 4.50. The zero-order valence-electron chi connectivity index (χ0n) is 12.2. The van der Waals surface area contributed by atoms with E-state index in [4.69, 9.17) is 17.3 Å². The van der Waals surface area contributed by atoms with Gasteiger partial charge in [-0.05, 0) is 32.1 Å². The van der Waals surface area contributed by atoms with Gasteiger partial charge in [0.25, 0.3) is 5.56 Å². The van der Waals surface area contributed by atoms with Gasteiger partial charge in [-0.15, -0.1) is 0 Å². The maximum atomic E-state index is 12.2. The minimum Gasteiger partial charge on any atom is -0.369 e. The van der Waals surface area contributed by atoms with E-state index in [1.54, 1.807) is 6.20 Å². The van der Waals surface area contributed by atoms with Crippen LogP contribution < -0.4 is 16.2 Å². The van der Waals surface area contributed by atoms with Gasteiger partial charge in [0.1, 0.15) is 5.02 Å². The van der Waals surface area contributed by atoms with Gasteiger partial charge < -0.3 is 10.6 Å². The Balaban J connectivity index is 2.24. The minimum atomic E-state index is -0.200. The Morgan fingerprint density at radius 1 is 1.60 bits per heavy atom. The maximum Gasteiger partial charge on any atom is 0.287 e. The van der Waals surface area contributed by atoms with Crippen molar-refractivity contribution in [3.05, 3.63) is 21.6 Å². The maximum absolute atomic E-state index is 12.2. The van der Waals surface area contributed by atoms with Crippen molar-refractivity contribution < 1.29 is 0 Å². The fourth-order valence-electron chi connectivity index (χ4n) is 2.71. The van der Waals surface area contributed by atoms with Crippen LogP contribution in [0.2, 0.25) is 5.02 Å². The summed E-state index contributed by atoms with van der Waals surface area (Å²) in [6.45, 7) is 6.39. The molecule has 6 heteroatoms. The monoisotopic (exact) mass is 298 g/mol. The van der Waals surface area contributed by atoms with Crippen molar-refractivity contribution in [1.82, 2.24) is 9.78 Å². The summed E-state index contributed by atoms with van der Waals surface area (Å²) in [5.74, 6) is 0.442. The van der Waals surface area contributed by atoms with Crippen LogP contribution in [0.25, 0.3) is 0 Å². The molecule has 2 heterocycles. The molecule has 0 bridgehead atoms. The summed E-state index contributed by atoms with van der Waals surface area (Å²) in [4.78, 5) is 14.3. The number of halogens is 1. The van der Waals surface area contributed by atoms with E-state index in [0.29, 0.717) is 12.5 Å². The fourth-order valence-corrected chi connectivity index (χ4v) is 2.97. The summed E-state index contributed by atoms with van der Waals surface area (Å²) in [6, 6.07) is 0.157. The third-order valence-electron chi connectivity index (χ3n) is 3.94. The summed E-state index contributed by atoms with van der Waals surface area (Å²) in [7, 11) is 0. The molecule has 2 rings (SSSR count). The van der Waals surface area contributed by atoms with Crippen LogP contribution in [0.5, 0.6) is 0 Å². The third kappa shape index (κ3) is 3.15. The van der Waals surface area contributed by atoms with E-state index in [9.17, 15) is 4.79 Å². The van der Waals surface area contributed by atoms with Crippen LogP contribution >= 0.6 is 11.6 Å². The molecule has 0 radical (unpaired) electrons. The van der Waals surface area contributed by atoms with Crippen molar-refractivity contribution >= 4 is 17.3 Å². The second-order valence-corrected chi connectivity index (χ2v) is 5.96. The molecule has 112 valence electrons. The van der Waals surface area contributed by atoms with Crippen LogP contribution in [0.3, 0.4) is 0 Å². The smallest absolute Gasteiger partial charge is 0.287 e. The molecule has 5 nitrogen and oxygen atoms in total. The van der Waals surface area contributed by atoms with Crippen molar-refractivity contribution in [2.24, 2.45) is 11.7 Å². The summed E-state index contributed by atoms with van der Waals surface area (Å²) < 4.78 is 1.43. The van der Waals surface area contributed by atoms with Crippen LogP contribution in [0.15, 0.2) is 11.0 Å². The Morgan fingerprint density at radius 2 is 2.35 bits per heavy atom. The van der Waals surface area contributed by atoms with E-state index in [-0.39, 0.29) is 16.6 Å². The molecule has 2 unspecified atom stereocenters. The topological polar surface area (TPSA) is 64.2 Å². The van der Waals surface area contributed by atoms with E-state index in [1.807, 2.05) is 13.8 Å². The quantitative estimate of drug-likeness (QED) is 0.922. The molecule has 2 atom stereocenters. The Kier molecular flexibility index (Phi) is 5.05. The number of anilines is 1. The molecule has 0 saturated carbocycles. The van der Waals surface area contributed by atoms with Gasteiger partial charge in [-0.2, -0.15) is 5.10 Å². The number of rotatable bonds is 4. The van der Waals surface area contributed by atoms with Crippen LogP contribution in [-0.4, -0.2) is 28.9 Å². The Hall–Kier alpha value is -1.07. The number of nitrogens with two attached hydrogens (primary N) is 1. The standard InChI is InChI=1S/C14H23ClN4O/c1-3-6-19-14(20)13(15)12(8-17-19)18-7-4-5-11(9-18)10(2)16/h8,10-11H,3-7,9,16H2,1-2H3. The number of piperidine rings is 1. The second kappa shape index (κ2) is 6.59. The molecule has 1 fully saturated rings. The molecule has 1 saturated heterocycles. The Labute approximate surface area is 124 Å². The van der Waals surface area contributed by atoms with Gasteiger partial charge in [0.05, 0.1) is 11.9 Å².